The minimum Gasteiger partial charge on any atom is -0.383 e. The van der Waals surface area contributed by atoms with Gasteiger partial charge < -0.3 is 15.4 Å². The number of methoxy groups -OCH3 is 1. The average molecular weight is 365 g/mol. The molecule has 7 nitrogen and oxygen atoms in total. The molecule has 0 radical (unpaired) electrons. The predicted octanol–water partition coefficient (Wildman–Crippen LogP) is 2.32. The van der Waals surface area contributed by atoms with E-state index in [1.807, 2.05) is 0 Å². The van der Waals surface area contributed by atoms with E-state index in [0.717, 1.165) is 0 Å². The van der Waals surface area contributed by atoms with E-state index in [1.54, 1.807) is 50.9 Å². The highest BCUT2D eigenvalue weighted by Gasteiger charge is 2.20. The van der Waals surface area contributed by atoms with Crippen LogP contribution >= 0.6 is 11.6 Å². The molecule has 1 heterocycles. The Kier molecular flexibility index (Phi) is 6.17. The van der Waals surface area contributed by atoms with Crippen LogP contribution in [0.4, 0.5) is 5.69 Å². The summed E-state index contributed by atoms with van der Waals surface area (Å²) in [5.41, 5.74) is 2.53. The van der Waals surface area contributed by atoms with E-state index in [1.165, 1.54) is 0 Å². The van der Waals surface area contributed by atoms with Gasteiger partial charge in [-0.3, -0.25) is 14.3 Å². The van der Waals surface area contributed by atoms with Crippen LogP contribution in [0.1, 0.15) is 32.1 Å². The Labute approximate surface area is 151 Å². The monoisotopic (exact) mass is 364 g/mol. The zero-order valence-corrected chi connectivity index (χ0v) is 15.4. The molecule has 0 unspecified atom stereocenters. The number of amides is 2. The van der Waals surface area contributed by atoms with Gasteiger partial charge in [0, 0.05) is 32.0 Å². The van der Waals surface area contributed by atoms with Gasteiger partial charge in [0.1, 0.15) is 0 Å². The zero-order chi connectivity index (χ0) is 18.6. The maximum atomic E-state index is 12.5. The number of benzene rings is 1. The molecule has 2 rings (SSSR count). The molecule has 2 aromatic rings. The highest BCUT2D eigenvalue weighted by molar-refractivity contribution is 6.34. The molecule has 0 atom stereocenters. The first-order valence-corrected chi connectivity index (χ1v) is 8.11. The summed E-state index contributed by atoms with van der Waals surface area (Å²) < 4.78 is 6.46. The lowest BCUT2D eigenvalue weighted by Crippen LogP contribution is -2.27. The summed E-state index contributed by atoms with van der Waals surface area (Å²) in [5, 5.41) is 9.96. The molecule has 0 saturated heterocycles. The first-order chi connectivity index (χ1) is 11.9. The fraction of sp³-hybridized carbons (Fsp3) is 0.353. The summed E-state index contributed by atoms with van der Waals surface area (Å²) in [6.07, 6.45) is 0. The Morgan fingerprint density at radius 2 is 2.00 bits per heavy atom. The number of hydrogen-bond acceptors (Lipinski definition) is 4. The minimum atomic E-state index is -0.422. The van der Waals surface area contributed by atoms with Gasteiger partial charge in [-0.2, -0.15) is 5.10 Å². The van der Waals surface area contributed by atoms with Gasteiger partial charge in [0.25, 0.3) is 11.8 Å². The van der Waals surface area contributed by atoms with Crippen molar-refractivity contribution >= 4 is 29.1 Å². The second-order valence-corrected chi connectivity index (χ2v) is 5.93. The van der Waals surface area contributed by atoms with Crippen LogP contribution in [0.15, 0.2) is 18.2 Å². The summed E-state index contributed by atoms with van der Waals surface area (Å²) >= 11 is 6.15. The second kappa shape index (κ2) is 8.13. The average Bonchev–Trinajstić information content (AvgIpc) is 2.84. The Morgan fingerprint density at radius 1 is 1.28 bits per heavy atom. The predicted molar refractivity (Wildman–Crippen MR) is 96.3 cm³/mol. The maximum absolute atomic E-state index is 12.5. The number of carbonyl (C=O) groups is 2. The first-order valence-electron chi connectivity index (χ1n) is 7.74. The molecule has 2 N–H and O–H groups in total. The van der Waals surface area contributed by atoms with Gasteiger partial charge in [-0.15, -0.1) is 0 Å². The van der Waals surface area contributed by atoms with Gasteiger partial charge in [-0.05, 0) is 31.5 Å². The minimum absolute atomic E-state index is 0.149. The van der Waals surface area contributed by atoms with Crippen LogP contribution in [-0.4, -0.2) is 41.9 Å². The molecule has 134 valence electrons. The third kappa shape index (κ3) is 4.18. The number of halogens is 1. The number of ether oxygens (including phenoxy) is 1. The lowest BCUT2D eigenvalue weighted by Gasteiger charge is -2.12. The van der Waals surface area contributed by atoms with E-state index in [4.69, 9.17) is 16.3 Å². The molecule has 0 spiro atoms. The van der Waals surface area contributed by atoms with Gasteiger partial charge in [-0.1, -0.05) is 17.7 Å². The van der Waals surface area contributed by atoms with Gasteiger partial charge >= 0.3 is 0 Å². The van der Waals surface area contributed by atoms with E-state index < -0.39 is 5.91 Å². The third-order valence-corrected chi connectivity index (χ3v) is 4.35. The number of rotatable bonds is 6. The Hall–Kier alpha value is -2.38. The summed E-state index contributed by atoms with van der Waals surface area (Å²) in [5.74, 6) is -0.647. The van der Waals surface area contributed by atoms with Gasteiger partial charge in [0.2, 0.25) is 0 Å². The van der Waals surface area contributed by atoms with Crippen molar-refractivity contribution in [2.45, 2.75) is 13.8 Å². The van der Waals surface area contributed by atoms with Gasteiger partial charge in [-0.25, -0.2) is 0 Å². The largest absolute Gasteiger partial charge is 0.383 e. The molecule has 0 aliphatic rings. The van der Waals surface area contributed by atoms with Crippen molar-refractivity contribution in [3.63, 3.8) is 0 Å². The van der Waals surface area contributed by atoms with Crippen LogP contribution in [0.2, 0.25) is 5.02 Å². The molecular weight excluding hydrogens is 344 g/mol. The van der Waals surface area contributed by atoms with Crippen molar-refractivity contribution in [2.75, 3.05) is 25.6 Å². The molecule has 0 saturated carbocycles. The van der Waals surface area contributed by atoms with E-state index in [9.17, 15) is 9.59 Å². The van der Waals surface area contributed by atoms with Crippen molar-refractivity contribution < 1.29 is 14.3 Å². The van der Waals surface area contributed by atoms with Crippen LogP contribution in [0.3, 0.4) is 0 Å². The van der Waals surface area contributed by atoms with Crippen molar-refractivity contribution in [1.29, 1.82) is 0 Å². The molecule has 8 heteroatoms. The highest BCUT2D eigenvalue weighted by Crippen LogP contribution is 2.23. The molecule has 1 aromatic heterocycles. The number of aryl methyl sites for hydroxylation is 1. The van der Waals surface area contributed by atoms with Crippen molar-refractivity contribution in [2.24, 2.45) is 7.05 Å². The Balaban J connectivity index is 2.20. The summed E-state index contributed by atoms with van der Waals surface area (Å²) in [6, 6.07) is 5.13. The van der Waals surface area contributed by atoms with Crippen molar-refractivity contribution in [3.8, 4) is 0 Å². The fourth-order valence-corrected chi connectivity index (χ4v) is 2.53. The Bertz CT molecular complexity index is 801. The van der Waals surface area contributed by atoms with Crippen molar-refractivity contribution in [1.82, 2.24) is 15.1 Å². The molecule has 0 bridgehead atoms. The number of carbonyl (C=O) groups excluding carboxylic acids is 2. The first kappa shape index (κ1) is 19.0. The van der Waals surface area contributed by atoms with Crippen molar-refractivity contribution in [3.05, 3.63) is 45.7 Å². The lowest BCUT2D eigenvalue weighted by molar-refractivity contribution is 0.0935. The Morgan fingerprint density at radius 3 is 2.60 bits per heavy atom. The van der Waals surface area contributed by atoms with E-state index >= 15 is 0 Å². The van der Waals surface area contributed by atoms with E-state index in [0.29, 0.717) is 40.7 Å². The summed E-state index contributed by atoms with van der Waals surface area (Å²) in [6.45, 7) is 4.39. The van der Waals surface area contributed by atoms with Crippen LogP contribution in [0.25, 0.3) is 0 Å². The smallest absolute Gasteiger partial charge is 0.277 e. The number of anilines is 1. The molecule has 25 heavy (non-hydrogen) atoms. The van der Waals surface area contributed by atoms with Crippen LogP contribution in [-0.2, 0) is 11.8 Å². The molecule has 1 aromatic carbocycles. The fourth-order valence-electron chi connectivity index (χ4n) is 2.29. The molecule has 0 aliphatic heterocycles. The highest BCUT2D eigenvalue weighted by atomic mass is 35.5. The second-order valence-electron chi connectivity index (χ2n) is 5.55. The summed E-state index contributed by atoms with van der Waals surface area (Å²) in [7, 11) is 3.28. The third-order valence-electron chi connectivity index (χ3n) is 3.89. The normalized spacial score (nSPS) is 10.6. The lowest BCUT2D eigenvalue weighted by atomic mass is 10.1. The number of nitrogens with zero attached hydrogens (tertiary/aromatic N) is 2. The van der Waals surface area contributed by atoms with Crippen LogP contribution < -0.4 is 10.6 Å². The topological polar surface area (TPSA) is 85.2 Å². The quantitative estimate of drug-likeness (QED) is 0.770. The standard InChI is InChI=1S/C17H21ClN4O3/c1-10-12(16(23)19-8-9-25-4)6-5-7-13(10)20-17(24)15-14(18)11(2)22(3)21-15/h5-7H,8-9H2,1-4H3,(H,19,23)(H,20,24). The van der Waals surface area contributed by atoms with Crippen LogP contribution in [0, 0.1) is 13.8 Å². The SMILES string of the molecule is COCCNC(=O)c1cccc(NC(=O)c2nn(C)c(C)c2Cl)c1C. The molecular formula is C17H21ClN4O3. The summed E-state index contributed by atoms with van der Waals surface area (Å²) in [4.78, 5) is 24.7. The van der Waals surface area contributed by atoms with Gasteiger partial charge in [0.15, 0.2) is 5.69 Å². The van der Waals surface area contributed by atoms with E-state index in [2.05, 4.69) is 15.7 Å². The maximum Gasteiger partial charge on any atom is 0.277 e. The zero-order valence-electron chi connectivity index (χ0n) is 14.6. The molecule has 0 aliphatic carbocycles. The van der Waals surface area contributed by atoms with Gasteiger partial charge in [0.05, 0.1) is 17.3 Å². The molecule has 2 amide bonds. The van der Waals surface area contributed by atoms with E-state index in [-0.39, 0.29) is 11.6 Å². The number of nitrogens with one attached hydrogen (secondary N) is 2. The number of hydrogen-bond donors (Lipinski definition) is 2. The number of aromatic nitrogens is 2. The van der Waals surface area contributed by atoms with Crippen LogP contribution in [0.5, 0.6) is 0 Å². The molecule has 0 fully saturated rings.